The van der Waals surface area contributed by atoms with Crippen molar-refractivity contribution in [1.29, 1.82) is 0 Å². The molecule has 0 N–H and O–H groups in total. The second-order valence-corrected chi connectivity index (χ2v) is 4.62. The molecule has 1 aliphatic carbocycles. The second-order valence-electron chi connectivity index (χ2n) is 4.17. The van der Waals surface area contributed by atoms with Gasteiger partial charge in [-0.25, -0.2) is 8.78 Å². The molecule has 0 saturated heterocycles. The smallest absolute Gasteiger partial charge is 0.250 e. The van der Waals surface area contributed by atoms with Crippen molar-refractivity contribution in [2.45, 2.75) is 36.7 Å². The summed E-state index contributed by atoms with van der Waals surface area (Å²) in [4.78, 5) is 4.29. The molecular formula is C10H11ClF2N4. The topological polar surface area (TPSA) is 52.0 Å². The summed E-state index contributed by atoms with van der Waals surface area (Å²) in [6.45, 7) is 0. The van der Waals surface area contributed by atoms with Gasteiger partial charge in [0.15, 0.2) is 0 Å². The quantitative estimate of drug-likeness (QED) is 0.245. The first-order valence-electron chi connectivity index (χ1n) is 5.26. The highest BCUT2D eigenvalue weighted by Gasteiger charge is 2.42. The Labute approximate surface area is 102 Å². The largest absolute Gasteiger partial charge is 0.355 e. The van der Waals surface area contributed by atoms with Gasteiger partial charge in [-0.3, -0.25) is 0 Å². The number of azide groups is 1. The Kier molecular flexibility index (Phi) is 3.26. The molecule has 2 atom stereocenters. The first-order chi connectivity index (χ1) is 8.02. The number of hydrogen-bond donors (Lipinski definition) is 0. The monoisotopic (exact) mass is 260 g/mol. The highest BCUT2D eigenvalue weighted by atomic mass is 35.5. The zero-order valence-corrected chi connectivity index (χ0v) is 9.69. The maximum Gasteiger partial charge on any atom is 0.250 e. The third-order valence-electron chi connectivity index (χ3n) is 2.95. The van der Waals surface area contributed by atoms with Gasteiger partial charge in [-0.05, 0) is 18.0 Å². The second kappa shape index (κ2) is 4.55. The van der Waals surface area contributed by atoms with Gasteiger partial charge in [0.05, 0.1) is 5.70 Å². The average molecular weight is 261 g/mol. The molecule has 1 fully saturated rings. The van der Waals surface area contributed by atoms with E-state index in [0.717, 1.165) is 0 Å². The molecule has 0 spiro atoms. The molecule has 1 saturated carbocycles. The maximum atomic E-state index is 13.1. The highest BCUT2D eigenvalue weighted by molar-refractivity contribution is 6.21. The standard InChI is InChI=1S/C10H11ClF2N4/c11-9-2-1-7(15-16-14)6-17(9)8-3-4-10(12,13)5-8/h1-2,6,8-9H,3-5H2. The van der Waals surface area contributed by atoms with Crippen LogP contribution in [0.3, 0.4) is 0 Å². The number of allylic oxidation sites excluding steroid dienone is 1. The molecule has 0 aromatic carbocycles. The number of rotatable bonds is 2. The van der Waals surface area contributed by atoms with E-state index in [1.165, 1.54) is 0 Å². The lowest BCUT2D eigenvalue weighted by molar-refractivity contribution is 0.00295. The summed E-state index contributed by atoms with van der Waals surface area (Å²) in [5.74, 6) is -2.62. The number of nitrogens with zero attached hydrogens (tertiary/aromatic N) is 4. The number of alkyl halides is 3. The summed E-state index contributed by atoms with van der Waals surface area (Å²) in [6.07, 6.45) is 4.83. The molecule has 0 amide bonds. The van der Waals surface area contributed by atoms with Crippen LogP contribution in [0.1, 0.15) is 19.3 Å². The molecule has 0 aromatic heterocycles. The Morgan fingerprint density at radius 2 is 2.35 bits per heavy atom. The van der Waals surface area contributed by atoms with E-state index in [2.05, 4.69) is 10.0 Å². The Bertz CT molecular complexity index is 415. The summed E-state index contributed by atoms with van der Waals surface area (Å²) in [6, 6.07) is -0.304. The summed E-state index contributed by atoms with van der Waals surface area (Å²) in [5.41, 5.74) is 8.25. The molecular weight excluding hydrogens is 250 g/mol. The molecule has 7 heteroatoms. The Hall–Kier alpha value is -1.26. The summed E-state index contributed by atoms with van der Waals surface area (Å²) >= 11 is 6.04. The Morgan fingerprint density at radius 1 is 1.59 bits per heavy atom. The van der Waals surface area contributed by atoms with Gasteiger partial charge >= 0.3 is 0 Å². The predicted molar refractivity (Wildman–Crippen MR) is 60.4 cm³/mol. The summed E-state index contributed by atoms with van der Waals surface area (Å²) in [7, 11) is 0. The molecule has 2 aliphatic rings. The first-order valence-corrected chi connectivity index (χ1v) is 5.70. The molecule has 2 unspecified atom stereocenters. The van der Waals surface area contributed by atoms with Gasteiger partial charge in [0.2, 0.25) is 5.92 Å². The number of hydrogen-bond acceptors (Lipinski definition) is 2. The van der Waals surface area contributed by atoms with Crippen molar-refractivity contribution in [3.05, 3.63) is 34.5 Å². The molecule has 1 aliphatic heterocycles. The van der Waals surface area contributed by atoms with Gasteiger partial charge in [0.25, 0.3) is 0 Å². The minimum Gasteiger partial charge on any atom is -0.355 e. The van der Waals surface area contributed by atoms with E-state index in [0.29, 0.717) is 12.1 Å². The van der Waals surface area contributed by atoms with Gasteiger partial charge in [0, 0.05) is 30.0 Å². The van der Waals surface area contributed by atoms with Crippen molar-refractivity contribution in [2.24, 2.45) is 5.11 Å². The highest BCUT2D eigenvalue weighted by Crippen LogP contribution is 2.39. The van der Waals surface area contributed by atoms with Gasteiger partial charge in [-0.1, -0.05) is 22.8 Å². The van der Waals surface area contributed by atoms with E-state index in [1.54, 1.807) is 23.3 Å². The normalized spacial score (nSPS) is 31.0. The first kappa shape index (κ1) is 12.2. The fraction of sp³-hybridized carbons (Fsp3) is 0.600. The molecule has 0 radical (unpaired) electrons. The van der Waals surface area contributed by atoms with Crippen molar-refractivity contribution in [1.82, 2.24) is 4.90 Å². The summed E-state index contributed by atoms with van der Waals surface area (Å²) < 4.78 is 26.3. The van der Waals surface area contributed by atoms with E-state index in [-0.39, 0.29) is 18.9 Å². The zero-order valence-electron chi connectivity index (χ0n) is 8.93. The van der Waals surface area contributed by atoms with Crippen LogP contribution in [0.4, 0.5) is 8.78 Å². The Balaban J connectivity index is 2.15. The van der Waals surface area contributed by atoms with Crippen LogP contribution < -0.4 is 0 Å². The van der Waals surface area contributed by atoms with Crippen LogP contribution in [0.2, 0.25) is 0 Å². The lowest BCUT2D eigenvalue weighted by Crippen LogP contribution is -2.36. The van der Waals surface area contributed by atoms with Crippen molar-refractivity contribution >= 4 is 11.6 Å². The van der Waals surface area contributed by atoms with Crippen molar-refractivity contribution in [2.75, 3.05) is 0 Å². The van der Waals surface area contributed by atoms with Crippen LogP contribution in [0.15, 0.2) is 29.2 Å². The zero-order chi connectivity index (χ0) is 12.5. The SMILES string of the molecule is [N-]=[N+]=NC1=CN(C2CCC(F)(F)C2)C(Cl)C=C1. The lowest BCUT2D eigenvalue weighted by atomic mass is 10.2. The van der Waals surface area contributed by atoms with E-state index >= 15 is 0 Å². The van der Waals surface area contributed by atoms with Crippen LogP contribution in [0, 0.1) is 0 Å². The fourth-order valence-electron chi connectivity index (χ4n) is 2.14. The van der Waals surface area contributed by atoms with Gasteiger partial charge < -0.3 is 4.90 Å². The van der Waals surface area contributed by atoms with Crippen LogP contribution >= 0.6 is 11.6 Å². The van der Waals surface area contributed by atoms with Crippen molar-refractivity contribution in [3.8, 4) is 0 Å². The molecule has 92 valence electrons. The third kappa shape index (κ3) is 2.70. The molecule has 2 rings (SSSR count). The van der Waals surface area contributed by atoms with Gasteiger partial charge in [0.1, 0.15) is 5.50 Å². The predicted octanol–water partition coefficient (Wildman–Crippen LogP) is 3.76. The van der Waals surface area contributed by atoms with Crippen LogP contribution in [-0.4, -0.2) is 22.4 Å². The third-order valence-corrected chi connectivity index (χ3v) is 3.32. The Morgan fingerprint density at radius 3 is 2.94 bits per heavy atom. The van der Waals surface area contributed by atoms with Crippen LogP contribution in [-0.2, 0) is 0 Å². The van der Waals surface area contributed by atoms with Crippen LogP contribution in [0.25, 0.3) is 10.4 Å². The maximum absolute atomic E-state index is 13.1. The molecule has 1 heterocycles. The fourth-order valence-corrected chi connectivity index (χ4v) is 2.43. The molecule has 0 bridgehead atoms. The van der Waals surface area contributed by atoms with E-state index < -0.39 is 11.4 Å². The summed E-state index contributed by atoms with van der Waals surface area (Å²) in [5, 5.41) is 3.44. The molecule has 0 aromatic rings. The van der Waals surface area contributed by atoms with Crippen LogP contribution in [0.5, 0.6) is 0 Å². The van der Waals surface area contributed by atoms with E-state index in [1.807, 2.05) is 0 Å². The van der Waals surface area contributed by atoms with Crippen molar-refractivity contribution < 1.29 is 8.78 Å². The number of halogens is 3. The average Bonchev–Trinajstić information content (AvgIpc) is 2.62. The molecule has 17 heavy (non-hydrogen) atoms. The van der Waals surface area contributed by atoms with E-state index in [4.69, 9.17) is 17.1 Å². The molecule has 4 nitrogen and oxygen atoms in total. The minimum atomic E-state index is -2.62. The lowest BCUT2D eigenvalue weighted by Gasteiger charge is -2.32. The van der Waals surface area contributed by atoms with Gasteiger partial charge in [-0.15, -0.1) is 0 Å². The van der Waals surface area contributed by atoms with E-state index in [9.17, 15) is 8.78 Å². The minimum absolute atomic E-state index is 0.119. The van der Waals surface area contributed by atoms with Gasteiger partial charge in [-0.2, -0.15) is 0 Å². The van der Waals surface area contributed by atoms with Crippen molar-refractivity contribution in [3.63, 3.8) is 0 Å².